The highest BCUT2D eigenvalue weighted by Crippen LogP contribution is 2.29. The lowest BCUT2D eigenvalue weighted by Gasteiger charge is -2.32. The lowest BCUT2D eigenvalue weighted by molar-refractivity contribution is -0.133. The first-order valence-electron chi connectivity index (χ1n) is 7.95. The minimum absolute atomic E-state index is 0.213. The number of piperidine rings is 1. The molecule has 22 heavy (non-hydrogen) atoms. The minimum Gasteiger partial charge on any atom is -0.351 e. The summed E-state index contributed by atoms with van der Waals surface area (Å²) in [5, 5.41) is 3.29. The Morgan fingerprint density at radius 2 is 2.23 bits per heavy atom. The summed E-state index contributed by atoms with van der Waals surface area (Å²) in [7, 11) is 0. The van der Waals surface area contributed by atoms with Crippen molar-refractivity contribution in [3.05, 3.63) is 40.6 Å². The highest BCUT2D eigenvalue weighted by atomic mass is 32.1. The van der Waals surface area contributed by atoms with E-state index in [0.29, 0.717) is 12.3 Å². The monoisotopic (exact) mass is 317 g/mol. The number of likely N-dealkylation sites (tertiary alicyclic amines) is 1. The Morgan fingerprint density at radius 1 is 1.45 bits per heavy atom. The van der Waals surface area contributed by atoms with Gasteiger partial charge in [-0.15, -0.1) is 11.3 Å². The molecule has 0 radical (unpaired) electrons. The third-order valence-electron chi connectivity index (χ3n) is 4.37. The van der Waals surface area contributed by atoms with Crippen LogP contribution in [0, 0.1) is 6.92 Å². The topological polar surface area (TPSA) is 38.1 Å². The molecule has 0 unspecified atom stereocenters. The zero-order chi connectivity index (χ0) is 15.5. The molecule has 0 N–H and O–H groups in total. The van der Waals surface area contributed by atoms with Crippen LogP contribution in [0.25, 0.3) is 0 Å². The van der Waals surface area contributed by atoms with Gasteiger partial charge in [0, 0.05) is 54.9 Å². The number of nitrogens with zero attached hydrogens (tertiary/aromatic N) is 3. The molecule has 0 spiro atoms. The SMILES string of the molecule is Cc1csc([C@@H]2CCCN(C(=O)C[C@@H](C)n3cccc3)C2)n1. The van der Waals surface area contributed by atoms with Crippen LogP contribution < -0.4 is 0 Å². The lowest BCUT2D eigenvalue weighted by Crippen LogP contribution is -2.39. The molecule has 3 heterocycles. The highest BCUT2D eigenvalue weighted by molar-refractivity contribution is 7.09. The summed E-state index contributed by atoms with van der Waals surface area (Å²) < 4.78 is 2.10. The Labute approximate surface area is 135 Å². The standard InChI is InChI=1S/C17H23N3OS/c1-13-12-22-17(18-13)15-6-5-9-20(11-15)16(21)10-14(2)19-7-3-4-8-19/h3-4,7-8,12,14-15H,5-6,9-11H2,1-2H3/t14-,15-/m1/s1. The Balaban J connectivity index is 1.60. The summed E-state index contributed by atoms with van der Waals surface area (Å²) in [4.78, 5) is 19.2. The molecular formula is C17H23N3OS. The molecule has 2 aromatic heterocycles. The van der Waals surface area contributed by atoms with Crippen molar-refractivity contribution in [2.75, 3.05) is 13.1 Å². The Kier molecular flexibility index (Phi) is 4.62. The largest absolute Gasteiger partial charge is 0.351 e. The van der Waals surface area contributed by atoms with E-state index in [-0.39, 0.29) is 11.9 Å². The number of carbonyl (C=O) groups is 1. The zero-order valence-corrected chi connectivity index (χ0v) is 14.1. The second-order valence-corrected chi connectivity index (χ2v) is 7.08. The van der Waals surface area contributed by atoms with Crippen LogP contribution in [-0.4, -0.2) is 33.4 Å². The van der Waals surface area contributed by atoms with E-state index in [4.69, 9.17) is 0 Å². The van der Waals surface area contributed by atoms with Crippen molar-refractivity contribution in [1.29, 1.82) is 0 Å². The first-order chi connectivity index (χ1) is 10.6. The fourth-order valence-corrected chi connectivity index (χ4v) is 4.02. The first-order valence-corrected chi connectivity index (χ1v) is 8.83. The molecule has 1 amide bonds. The number of hydrogen-bond donors (Lipinski definition) is 0. The molecule has 3 rings (SSSR count). The van der Waals surface area contributed by atoms with Gasteiger partial charge in [-0.2, -0.15) is 0 Å². The second kappa shape index (κ2) is 6.65. The van der Waals surface area contributed by atoms with E-state index in [2.05, 4.69) is 21.9 Å². The minimum atomic E-state index is 0.213. The van der Waals surface area contributed by atoms with Crippen molar-refractivity contribution in [2.45, 2.75) is 45.1 Å². The average Bonchev–Trinajstić information content (AvgIpc) is 3.18. The van der Waals surface area contributed by atoms with Gasteiger partial charge in [0.05, 0.1) is 5.01 Å². The average molecular weight is 317 g/mol. The number of aromatic nitrogens is 2. The van der Waals surface area contributed by atoms with Gasteiger partial charge in [-0.05, 0) is 38.8 Å². The summed E-state index contributed by atoms with van der Waals surface area (Å²) >= 11 is 1.73. The molecular weight excluding hydrogens is 294 g/mol. The third kappa shape index (κ3) is 3.40. The maximum absolute atomic E-state index is 12.6. The van der Waals surface area contributed by atoms with Gasteiger partial charge in [-0.25, -0.2) is 4.98 Å². The van der Waals surface area contributed by atoms with E-state index in [1.165, 1.54) is 5.01 Å². The number of rotatable bonds is 4. The van der Waals surface area contributed by atoms with Crippen molar-refractivity contribution in [1.82, 2.24) is 14.5 Å². The molecule has 0 bridgehead atoms. The van der Waals surface area contributed by atoms with Crippen LogP contribution in [0.1, 0.15) is 48.8 Å². The predicted octanol–water partition coefficient (Wildman–Crippen LogP) is 3.61. The number of amides is 1. The van der Waals surface area contributed by atoms with E-state index >= 15 is 0 Å². The lowest BCUT2D eigenvalue weighted by atomic mass is 9.98. The highest BCUT2D eigenvalue weighted by Gasteiger charge is 2.27. The van der Waals surface area contributed by atoms with Gasteiger partial charge in [0.25, 0.3) is 0 Å². The molecule has 2 aromatic rings. The number of carbonyl (C=O) groups excluding carboxylic acids is 1. The van der Waals surface area contributed by atoms with Gasteiger partial charge in [0.1, 0.15) is 0 Å². The van der Waals surface area contributed by atoms with Gasteiger partial charge in [-0.1, -0.05) is 0 Å². The molecule has 1 aliphatic rings. The quantitative estimate of drug-likeness (QED) is 0.864. The first kappa shape index (κ1) is 15.3. The number of thiazole rings is 1. The summed E-state index contributed by atoms with van der Waals surface area (Å²) in [5.41, 5.74) is 1.09. The predicted molar refractivity (Wildman–Crippen MR) is 89.2 cm³/mol. The van der Waals surface area contributed by atoms with Crippen molar-refractivity contribution < 1.29 is 4.79 Å². The van der Waals surface area contributed by atoms with Gasteiger partial charge in [-0.3, -0.25) is 4.79 Å². The van der Waals surface area contributed by atoms with Crippen LogP contribution in [0.15, 0.2) is 29.9 Å². The van der Waals surface area contributed by atoms with Gasteiger partial charge < -0.3 is 9.47 Å². The maximum atomic E-state index is 12.6. The van der Waals surface area contributed by atoms with E-state index in [0.717, 1.165) is 31.6 Å². The van der Waals surface area contributed by atoms with Crippen molar-refractivity contribution in [3.63, 3.8) is 0 Å². The fourth-order valence-electron chi connectivity index (χ4n) is 3.09. The van der Waals surface area contributed by atoms with Crippen LogP contribution in [0.3, 0.4) is 0 Å². The third-order valence-corrected chi connectivity index (χ3v) is 5.49. The van der Waals surface area contributed by atoms with E-state index in [9.17, 15) is 4.79 Å². The molecule has 0 aliphatic carbocycles. The van der Waals surface area contributed by atoms with Gasteiger partial charge in [0.15, 0.2) is 0 Å². The summed E-state index contributed by atoms with van der Waals surface area (Å²) in [6.45, 7) is 5.84. The maximum Gasteiger partial charge on any atom is 0.224 e. The van der Waals surface area contributed by atoms with Crippen molar-refractivity contribution in [3.8, 4) is 0 Å². The Morgan fingerprint density at radius 3 is 2.91 bits per heavy atom. The summed E-state index contributed by atoms with van der Waals surface area (Å²) in [6.07, 6.45) is 6.83. The zero-order valence-electron chi connectivity index (χ0n) is 13.2. The second-order valence-electron chi connectivity index (χ2n) is 6.19. The van der Waals surface area contributed by atoms with E-state index < -0.39 is 0 Å². The molecule has 1 fully saturated rings. The molecule has 4 nitrogen and oxygen atoms in total. The Hall–Kier alpha value is -1.62. The molecule has 2 atom stereocenters. The van der Waals surface area contributed by atoms with Gasteiger partial charge in [0.2, 0.25) is 5.91 Å². The normalized spacial score (nSPS) is 20.1. The summed E-state index contributed by atoms with van der Waals surface area (Å²) in [6, 6.07) is 4.22. The van der Waals surface area contributed by atoms with Crippen molar-refractivity contribution in [2.24, 2.45) is 0 Å². The van der Waals surface area contributed by atoms with Crippen molar-refractivity contribution >= 4 is 17.2 Å². The number of hydrogen-bond acceptors (Lipinski definition) is 3. The van der Waals surface area contributed by atoms with Crippen LogP contribution in [0.4, 0.5) is 0 Å². The van der Waals surface area contributed by atoms with E-state index in [1.807, 2.05) is 36.4 Å². The molecule has 0 aromatic carbocycles. The molecule has 5 heteroatoms. The molecule has 118 valence electrons. The van der Waals surface area contributed by atoms with Gasteiger partial charge >= 0.3 is 0 Å². The fraction of sp³-hybridized carbons (Fsp3) is 0.529. The van der Waals surface area contributed by atoms with Crippen LogP contribution >= 0.6 is 11.3 Å². The van der Waals surface area contributed by atoms with E-state index in [1.54, 1.807) is 11.3 Å². The summed E-state index contributed by atoms with van der Waals surface area (Å²) in [5.74, 6) is 0.678. The Bertz CT molecular complexity index is 620. The smallest absolute Gasteiger partial charge is 0.224 e. The van der Waals surface area contributed by atoms with Crippen LogP contribution in [0.5, 0.6) is 0 Å². The van der Waals surface area contributed by atoms with Crippen LogP contribution in [-0.2, 0) is 4.79 Å². The molecule has 1 saturated heterocycles. The number of aryl methyl sites for hydroxylation is 1. The van der Waals surface area contributed by atoms with Crippen LogP contribution in [0.2, 0.25) is 0 Å². The molecule has 1 aliphatic heterocycles. The molecule has 0 saturated carbocycles.